The average molecular weight is 767 g/mol. The Morgan fingerprint density at radius 1 is 0.877 bits per heavy atom. The first kappa shape index (κ1) is 36.0. The van der Waals surface area contributed by atoms with Crippen molar-refractivity contribution in [3.63, 3.8) is 0 Å². The third kappa shape index (κ3) is 6.80. The van der Waals surface area contributed by atoms with Gasteiger partial charge in [0, 0.05) is 68.8 Å². The number of imide groups is 1. The number of hydrogen-bond donors (Lipinski definition) is 3. The van der Waals surface area contributed by atoms with Gasteiger partial charge >= 0.3 is 0 Å². The molecule has 0 aliphatic carbocycles. The third-order valence-corrected chi connectivity index (χ3v) is 11.5. The van der Waals surface area contributed by atoms with Crippen molar-refractivity contribution in [2.45, 2.75) is 58.5 Å². The van der Waals surface area contributed by atoms with Crippen molar-refractivity contribution in [2.24, 2.45) is 13.0 Å². The van der Waals surface area contributed by atoms with E-state index in [1.165, 1.54) is 5.56 Å². The summed E-state index contributed by atoms with van der Waals surface area (Å²) in [4.78, 5) is 64.6. The summed E-state index contributed by atoms with van der Waals surface area (Å²) in [5.41, 5.74) is 8.07. The Bertz CT molecular complexity index is 2640. The van der Waals surface area contributed by atoms with Crippen LogP contribution in [0.1, 0.15) is 54.0 Å². The van der Waals surface area contributed by atoms with Crippen molar-refractivity contribution in [2.75, 3.05) is 35.2 Å². The summed E-state index contributed by atoms with van der Waals surface area (Å²) in [6, 6.07) is 16.9. The number of aromatic nitrogens is 7. The molecule has 3 aliphatic rings. The molecule has 6 heterocycles. The molecule has 2 saturated heterocycles. The number of rotatable bonds is 7. The quantitative estimate of drug-likeness (QED) is 0.196. The van der Waals surface area contributed by atoms with Crippen LogP contribution in [0.15, 0.2) is 65.6 Å². The fraction of sp³-hybridized carbons (Fsp3) is 0.341. The van der Waals surface area contributed by atoms with Crippen LogP contribution in [0.5, 0.6) is 0 Å². The molecule has 3 aromatic carbocycles. The van der Waals surface area contributed by atoms with E-state index in [9.17, 15) is 19.2 Å². The van der Waals surface area contributed by atoms with Crippen LogP contribution in [-0.4, -0.2) is 77.0 Å². The monoisotopic (exact) mass is 766 g/mol. The van der Waals surface area contributed by atoms with E-state index in [1.54, 1.807) is 16.9 Å². The van der Waals surface area contributed by atoms with Gasteiger partial charge in [-0.3, -0.25) is 24.5 Å². The summed E-state index contributed by atoms with van der Waals surface area (Å²) in [5, 5.41) is 23.3. The van der Waals surface area contributed by atoms with Crippen LogP contribution in [0.4, 0.5) is 28.8 Å². The van der Waals surface area contributed by atoms with Crippen molar-refractivity contribution in [1.82, 2.24) is 45.0 Å². The average Bonchev–Trinajstić information content (AvgIpc) is 3.52. The molecule has 16 nitrogen and oxygen atoms in total. The fourth-order valence-corrected chi connectivity index (χ4v) is 8.28. The van der Waals surface area contributed by atoms with E-state index in [4.69, 9.17) is 10.1 Å². The van der Waals surface area contributed by atoms with E-state index < -0.39 is 17.5 Å². The van der Waals surface area contributed by atoms with Crippen molar-refractivity contribution in [3.8, 4) is 0 Å². The second-order valence-electron chi connectivity index (χ2n) is 15.2. The van der Waals surface area contributed by atoms with Gasteiger partial charge in [0.1, 0.15) is 11.6 Å². The lowest BCUT2D eigenvalue weighted by Gasteiger charge is -2.37. The first-order valence-corrected chi connectivity index (χ1v) is 19.3. The van der Waals surface area contributed by atoms with Crippen LogP contribution in [-0.2, 0) is 34.4 Å². The van der Waals surface area contributed by atoms with Gasteiger partial charge in [0.25, 0.3) is 11.5 Å². The van der Waals surface area contributed by atoms with Crippen LogP contribution in [0, 0.1) is 19.8 Å². The van der Waals surface area contributed by atoms with Crippen molar-refractivity contribution in [1.29, 1.82) is 0 Å². The number of amides is 3. The van der Waals surface area contributed by atoms with Gasteiger partial charge in [0.05, 0.1) is 10.8 Å². The van der Waals surface area contributed by atoms with Gasteiger partial charge in [0.15, 0.2) is 11.5 Å². The molecule has 1 unspecified atom stereocenters. The topological polar surface area (TPSA) is 185 Å². The number of anilines is 5. The Balaban J connectivity index is 0.833. The van der Waals surface area contributed by atoms with Gasteiger partial charge in [0.2, 0.25) is 17.8 Å². The molecule has 0 spiro atoms. The van der Waals surface area contributed by atoms with E-state index >= 15 is 0 Å². The van der Waals surface area contributed by atoms with Gasteiger partial charge in [-0.05, 0) is 92.1 Å². The van der Waals surface area contributed by atoms with E-state index in [0.29, 0.717) is 67.3 Å². The van der Waals surface area contributed by atoms with Crippen molar-refractivity contribution < 1.29 is 14.4 Å². The maximum absolute atomic E-state index is 13.9. The van der Waals surface area contributed by atoms with Crippen LogP contribution in [0.25, 0.3) is 21.9 Å². The molecule has 3 aromatic heterocycles. The van der Waals surface area contributed by atoms with Gasteiger partial charge < -0.3 is 20.4 Å². The second-order valence-corrected chi connectivity index (χ2v) is 15.2. The molecule has 6 aromatic rings. The summed E-state index contributed by atoms with van der Waals surface area (Å²) in [6.45, 7) is 6.73. The highest BCUT2D eigenvalue weighted by atomic mass is 16.2. The van der Waals surface area contributed by atoms with Crippen LogP contribution >= 0.6 is 0 Å². The lowest BCUT2D eigenvalue weighted by Crippen LogP contribution is -2.45. The van der Waals surface area contributed by atoms with E-state index in [1.807, 2.05) is 36.2 Å². The van der Waals surface area contributed by atoms with E-state index in [0.717, 1.165) is 50.2 Å². The standard InChI is InChI=1S/C41H42N12O4/c1-23-5-4-6-24(2)35(23)45-36-31-21-42-41(46-37(31)50(3)48-36)43-28-8-7-25-13-18-52(22-27(25)19-28)39(56)26-14-16-51(17-15-26)29-9-10-30-32(20-29)47-49-53(40(30)57)33-11-12-34(54)44-38(33)55/h4-10,19-21,26,33H,11-18,22H2,1-3H3,(H,45,48)(H,42,43,46)(H,44,54,55). The van der Waals surface area contributed by atoms with Crippen molar-refractivity contribution >= 4 is 68.5 Å². The molecule has 0 radical (unpaired) electrons. The minimum absolute atomic E-state index is 0.0850. The predicted molar refractivity (Wildman–Crippen MR) is 215 cm³/mol. The van der Waals surface area contributed by atoms with Gasteiger partial charge in [-0.25, -0.2) is 9.67 Å². The molecule has 16 heteroatoms. The molecule has 9 rings (SSSR count). The maximum atomic E-state index is 13.9. The lowest BCUT2D eigenvalue weighted by molar-refractivity contribution is -0.137. The minimum atomic E-state index is -0.870. The molecule has 0 saturated carbocycles. The highest BCUT2D eigenvalue weighted by molar-refractivity contribution is 5.99. The lowest BCUT2D eigenvalue weighted by atomic mass is 9.92. The van der Waals surface area contributed by atoms with Gasteiger partial charge in [-0.15, -0.1) is 5.10 Å². The normalized spacial score (nSPS) is 17.5. The second kappa shape index (κ2) is 14.4. The Labute approximate surface area is 327 Å². The fourth-order valence-electron chi connectivity index (χ4n) is 8.28. The molecule has 57 heavy (non-hydrogen) atoms. The number of carbonyl (C=O) groups excluding carboxylic acids is 3. The summed E-state index contributed by atoms with van der Waals surface area (Å²) in [5.74, 6) is 0.341. The molecule has 3 N–H and O–H groups in total. The van der Waals surface area contributed by atoms with Gasteiger partial charge in [-0.2, -0.15) is 14.8 Å². The van der Waals surface area contributed by atoms with E-state index in [-0.39, 0.29) is 30.6 Å². The number of fused-ring (bicyclic) bond motifs is 3. The largest absolute Gasteiger partial charge is 0.371 e. The number of para-hydroxylation sites is 1. The molecular formula is C41H42N12O4. The Hall–Kier alpha value is -6.71. The third-order valence-electron chi connectivity index (χ3n) is 11.5. The van der Waals surface area contributed by atoms with Gasteiger partial charge in [-0.1, -0.05) is 29.5 Å². The number of aryl methyl sites for hydroxylation is 3. The molecule has 290 valence electrons. The number of benzene rings is 3. The number of nitrogens with one attached hydrogen (secondary N) is 3. The van der Waals surface area contributed by atoms with Crippen LogP contribution in [0.3, 0.4) is 0 Å². The molecule has 3 amide bonds. The number of piperidine rings is 2. The Morgan fingerprint density at radius 3 is 2.47 bits per heavy atom. The molecular weight excluding hydrogens is 725 g/mol. The molecule has 1 atom stereocenters. The smallest absolute Gasteiger partial charge is 0.278 e. The summed E-state index contributed by atoms with van der Waals surface area (Å²) < 4.78 is 2.82. The maximum Gasteiger partial charge on any atom is 0.278 e. The number of hydrogen-bond acceptors (Lipinski definition) is 12. The molecule has 2 fully saturated rings. The molecule has 0 bridgehead atoms. The zero-order chi connectivity index (χ0) is 39.4. The van der Waals surface area contributed by atoms with Crippen LogP contribution < -0.4 is 26.4 Å². The zero-order valence-corrected chi connectivity index (χ0v) is 32.0. The number of carbonyl (C=O) groups is 3. The first-order valence-electron chi connectivity index (χ1n) is 19.3. The van der Waals surface area contributed by atoms with E-state index in [2.05, 4.69) is 74.3 Å². The molecule has 3 aliphatic heterocycles. The van der Waals surface area contributed by atoms with Crippen LogP contribution in [0.2, 0.25) is 0 Å². The Kier molecular flexibility index (Phi) is 9.10. The summed E-state index contributed by atoms with van der Waals surface area (Å²) in [6.07, 6.45) is 4.33. The highest BCUT2D eigenvalue weighted by Crippen LogP contribution is 2.32. The zero-order valence-electron chi connectivity index (χ0n) is 32.0. The minimum Gasteiger partial charge on any atom is -0.371 e. The van der Waals surface area contributed by atoms with Crippen molar-refractivity contribution in [3.05, 3.63) is 93.4 Å². The summed E-state index contributed by atoms with van der Waals surface area (Å²) in [7, 11) is 1.87. The number of nitrogens with zero attached hydrogens (tertiary/aromatic N) is 9. The highest BCUT2D eigenvalue weighted by Gasteiger charge is 2.32. The predicted octanol–water partition coefficient (Wildman–Crippen LogP) is 4.35. The summed E-state index contributed by atoms with van der Waals surface area (Å²) >= 11 is 0. The first-order chi connectivity index (χ1) is 27.6. The SMILES string of the molecule is Cc1cccc(C)c1Nc1nn(C)c2nc(Nc3ccc4c(c3)CN(C(=O)C3CCN(c5ccc6c(=O)n(C7CCC(=O)NC7=O)nnc6c5)CC3)CC4)ncc12. The Morgan fingerprint density at radius 2 is 1.68 bits per heavy atom.